The predicted molar refractivity (Wildman–Crippen MR) is 80.5 cm³/mol. The van der Waals surface area contributed by atoms with Crippen LogP contribution in [-0.2, 0) is 17.4 Å². The predicted octanol–water partition coefficient (Wildman–Crippen LogP) is 0.742. The number of hydrogen-bond acceptors (Lipinski definition) is 4. The van der Waals surface area contributed by atoms with Crippen LogP contribution in [0, 0.1) is 0 Å². The third kappa shape index (κ3) is 5.79. The van der Waals surface area contributed by atoms with Crippen molar-refractivity contribution in [3.8, 4) is 11.5 Å². The first-order chi connectivity index (χ1) is 10.0. The van der Waals surface area contributed by atoms with Crippen molar-refractivity contribution < 1.29 is 48.1 Å². The SMILES string of the molecule is CCc1ccc(OP(=O)([O-])Oc2ccc(CC)cc2)cc1.[Na+]. The van der Waals surface area contributed by atoms with Gasteiger partial charge in [-0.3, -0.25) is 0 Å². The summed E-state index contributed by atoms with van der Waals surface area (Å²) >= 11 is 0. The summed E-state index contributed by atoms with van der Waals surface area (Å²) in [6.45, 7) is 4.05. The maximum absolute atomic E-state index is 11.9. The Kier molecular flexibility index (Phi) is 7.67. The first kappa shape index (κ1) is 19.3. The molecule has 0 spiro atoms. The van der Waals surface area contributed by atoms with E-state index < -0.39 is 7.82 Å². The normalized spacial score (nSPS) is 10.7. The summed E-state index contributed by atoms with van der Waals surface area (Å²) in [5.74, 6) is 0.492. The molecule has 0 atom stereocenters. The van der Waals surface area contributed by atoms with Crippen molar-refractivity contribution >= 4 is 7.82 Å². The molecule has 0 bridgehead atoms. The maximum atomic E-state index is 11.9. The summed E-state index contributed by atoms with van der Waals surface area (Å²) in [7, 11) is -4.43. The third-order valence-corrected chi connectivity index (χ3v) is 3.97. The third-order valence-electron chi connectivity index (χ3n) is 3.10. The Morgan fingerprint density at radius 3 is 1.41 bits per heavy atom. The van der Waals surface area contributed by atoms with Crippen molar-refractivity contribution in [3.05, 3.63) is 59.7 Å². The van der Waals surface area contributed by atoms with Crippen LogP contribution in [-0.4, -0.2) is 0 Å². The van der Waals surface area contributed by atoms with Gasteiger partial charge >= 0.3 is 37.4 Å². The largest absolute Gasteiger partial charge is 1.00 e. The summed E-state index contributed by atoms with van der Waals surface area (Å²) in [6, 6.07) is 13.8. The molecule has 2 aromatic carbocycles. The van der Waals surface area contributed by atoms with Gasteiger partial charge in [0.25, 0.3) is 0 Å². The first-order valence-electron chi connectivity index (χ1n) is 6.90. The number of aryl methyl sites for hydroxylation is 2. The Morgan fingerprint density at radius 2 is 1.14 bits per heavy atom. The molecule has 112 valence electrons. The Balaban J connectivity index is 0.00000242. The molecule has 4 nitrogen and oxygen atoms in total. The molecule has 0 amide bonds. The molecule has 0 aliphatic rings. The van der Waals surface area contributed by atoms with Gasteiger partial charge in [0.15, 0.2) is 0 Å². The van der Waals surface area contributed by atoms with Crippen LogP contribution in [0.3, 0.4) is 0 Å². The number of benzene rings is 2. The van der Waals surface area contributed by atoms with Crippen LogP contribution < -0.4 is 43.5 Å². The summed E-state index contributed by atoms with van der Waals surface area (Å²) in [5.41, 5.74) is 2.22. The van der Waals surface area contributed by atoms with Crippen LogP contribution in [0.15, 0.2) is 48.5 Å². The molecule has 0 saturated carbocycles. The molecule has 2 rings (SSSR count). The van der Waals surface area contributed by atoms with Crippen molar-refractivity contribution in [1.29, 1.82) is 0 Å². The Labute approximate surface area is 153 Å². The van der Waals surface area contributed by atoms with Crippen molar-refractivity contribution in [3.63, 3.8) is 0 Å². The minimum Gasteiger partial charge on any atom is -0.736 e. The van der Waals surface area contributed by atoms with Gasteiger partial charge in [-0.15, -0.1) is 0 Å². The molecule has 0 unspecified atom stereocenters. The quantitative estimate of drug-likeness (QED) is 0.580. The number of phosphoric acid groups is 1. The number of hydrogen-bond donors (Lipinski definition) is 0. The fourth-order valence-electron chi connectivity index (χ4n) is 1.85. The van der Waals surface area contributed by atoms with Crippen molar-refractivity contribution in [2.24, 2.45) is 0 Å². The van der Waals surface area contributed by atoms with Gasteiger partial charge in [0.05, 0.1) is 0 Å². The van der Waals surface area contributed by atoms with Crippen molar-refractivity contribution in [2.45, 2.75) is 26.7 Å². The Hall–Kier alpha value is -0.770. The molecule has 0 N–H and O–H groups in total. The zero-order chi connectivity index (χ0) is 15.3. The van der Waals surface area contributed by atoms with E-state index >= 15 is 0 Å². The van der Waals surface area contributed by atoms with E-state index in [1.54, 1.807) is 24.3 Å². The van der Waals surface area contributed by atoms with Crippen LogP contribution in [0.25, 0.3) is 0 Å². The molecule has 0 aromatic heterocycles. The van der Waals surface area contributed by atoms with Crippen LogP contribution in [0.1, 0.15) is 25.0 Å². The van der Waals surface area contributed by atoms with E-state index in [9.17, 15) is 9.46 Å². The van der Waals surface area contributed by atoms with E-state index in [0.29, 0.717) is 0 Å². The van der Waals surface area contributed by atoms with Gasteiger partial charge in [-0.2, -0.15) is 0 Å². The second kappa shape index (κ2) is 8.76. The Morgan fingerprint density at radius 1 is 0.818 bits per heavy atom. The minimum atomic E-state index is -4.43. The summed E-state index contributed by atoms with van der Waals surface area (Å²) < 4.78 is 21.7. The van der Waals surface area contributed by atoms with Gasteiger partial charge in [-0.1, -0.05) is 38.1 Å². The van der Waals surface area contributed by atoms with Gasteiger partial charge in [-0.05, 0) is 48.2 Å². The average molecular weight is 328 g/mol. The van der Waals surface area contributed by atoms with Gasteiger partial charge in [-0.25, -0.2) is 4.57 Å². The molecular formula is C16H18NaO4P. The molecule has 22 heavy (non-hydrogen) atoms. The molecule has 2 aromatic rings. The smallest absolute Gasteiger partial charge is 0.736 e. The minimum absolute atomic E-state index is 0. The topological polar surface area (TPSA) is 58.6 Å². The van der Waals surface area contributed by atoms with E-state index in [1.807, 2.05) is 38.1 Å². The van der Waals surface area contributed by atoms with Gasteiger partial charge in [0.2, 0.25) is 0 Å². The first-order valence-corrected chi connectivity index (χ1v) is 8.36. The van der Waals surface area contributed by atoms with Crippen molar-refractivity contribution in [2.75, 3.05) is 0 Å². The van der Waals surface area contributed by atoms with Crippen LogP contribution in [0.4, 0.5) is 0 Å². The molecule has 0 aliphatic carbocycles. The van der Waals surface area contributed by atoms with Gasteiger partial charge in [0.1, 0.15) is 11.5 Å². The molecule has 0 radical (unpaired) electrons. The van der Waals surface area contributed by atoms with Crippen LogP contribution in [0.5, 0.6) is 11.5 Å². The second-order valence-corrected chi connectivity index (χ2v) is 5.88. The zero-order valence-electron chi connectivity index (χ0n) is 13.1. The molecule has 0 heterocycles. The number of phosphoric ester groups is 1. The zero-order valence-corrected chi connectivity index (χ0v) is 16.0. The summed E-state index contributed by atoms with van der Waals surface area (Å²) in [4.78, 5) is 11.9. The van der Waals surface area contributed by atoms with Crippen molar-refractivity contribution in [1.82, 2.24) is 0 Å². The monoisotopic (exact) mass is 328 g/mol. The number of rotatable bonds is 6. The molecule has 6 heteroatoms. The second-order valence-electron chi connectivity index (χ2n) is 4.62. The van der Waals surface area contributed by atoms with E-state index in [2.05, 4.69) is 0 Å². The Bertz CT molecular complexity index is 572. The molecular weight excluding hydrogens is 310 g/mol. The van der Waals surface area contributed by atoms with E-state index in [-0.39, 0.29) is 41.1 Å². The molecule has 0 saturated heterocycles. The summed E-state index contributed by atoms with van der Waals surface area (Å²) in [5, 5.41) is 0. The van der Waals surface area contributed by atoms with Gasteiger partial charge in [0, 0.05) is 0 Å². The fourth-order valence-corrected chi connectivity index (χ4v) is 2.65. The average Bonchev–Trinajstić information content (AvgIpc) is 2.48. The van der Waals surface area contributed by atoms with E-state index in [1.165, 1.54) is 0 Å². The standard InChI is InChI=1S/C16H19O4P.Na/c1-3-13-5-9-15(10-6-13)19-21(17,18)20-16-11-7-14(4-2)8-12-16;/h5-12H,3-4H2,1-2H3,(H,17,18);/q;+1/p-1. The van der Waals surface area contributed by atoms with Crippen LogP contribution >= 0.6 is 7.82 Å². The van der Waals surface area contributed by atoms with Crippen LogP contribution in [0.2, 0.25) is 0 Å². The van der Waals surface area contributed by atoms with Gasteiger partial charge < -0.3 is 13.9 Å². The maximum Gasteiger partial charge on any atom is 1.00 e. The van der Waals surface area contributed by atoms with E-state index in [4.69, 9.17) is 9.05 Å². The van der Waals surface area contributed by atoms with E-state index in [0.717, 1.165) is 24.0 Å². The molecule has 0 fully saturated rings. The summed E-state index contributed by atoms with van der Waals surface area (Å²) in [6.07, 6.45) is 1.77. The fraction of sp³-hybridized carbons (Fsp3) is 0.250. The molecule has 0 aliphatic heterocycles.